The molecule has 0 aromatic carbocycles. The van der Waals surface area contributed by atoms with Crippen molar-refractivity contribution in [1.82, 2.24) is 13.5 Å². The van der Waals surface area contributed by atoms with Gasteiger partial charge in [0.2, 0.25) is 0 Å². The van der Waals surface area contributed by atoms with Crippen LogP contribution >= 0.6 is 0 Å². The lowest BCUT2D eigenvalue weighted by molar-refractivity contribution is -0.143. The van der Waals surface area contributed by atoms with E-state index in [1.54, 1.807) is 0 Å². The average Bonchev–Trinajstić information content (AvgIpc) is 2.43. The molecule has 0 amide bonds. The molecule has 0 aromatic heterocycles. The van der Waals surface area contributed by atoms with Crippen molar-refractivity contribution in [2.75, 3.05) is 40.3 Å². The van der Waals surface area contributed by atoms with Crippen molar-refractivity contribution in [2.45, 2.75) is 38.6 Å². The first-order valence-electron chi connectivity index (χ1n) is 7.45. The topological polar surface area (TPSA) is 81.2 Å². The molecular weight excluding hydrogens is 294 g/mol. The summed E-state index contributed by atoms with van der Waals surface area (Å²) in [4.78, 5) is 13.5. The van der Waals surface area contributed by atoms with Crippen molar-refractivity contribution in [2.24, 2.45) is 0 Å². The first-order chi connectivity index (χ1) is 9.80. The molecule has 1 N–H and O–H groups in total. The number of hydrogen-bond acceptors (Lipinski definition) is 4. The van der Waals surface area contributed by atoms with Crippen molar-refractivity contribution in [3.8, 4) is 0 Å². The summed E-state index contributed by atoms with van der Waals surface area (Å²) < 4.78 is 26.5. The Morgan fingerprint density at radius 3 is 2.43 bits per heavy atom. The predicted molar refractivity (Wildman–Crippen MR) is 81.3 cm³/mol. The molecule has 0 saturated carbocycles. The highest BCUT2D eigenvalue weighted by Crippen LogP contribution is 2.17. The molecule has 0 spiro atoms. The van der Waals surface area contributed by atoms with Crippen LogP contribution in [-0.4, -0.2) is 79.3 Å². The van der Waals surface area contributed by atoms with Crippen LogP contribution < -0.4 is 0 Å². The van der Waals surface area contributed by atoms with E-state index < -0.39 is 22.2 Å². The number of carboxylic acids is 1. The number of rotatable bonds is 8. The SMILES string of the molecule is CCCCCCN1CCN(S(=O)(=O)N(C)C)C(C(=O)O)C1. The quantitative estimate of drug-likeness (QED) is 0.656. The van der Waals surface area contributed by atoms with Gasteiger partial charge < -0.3 is 5.11 Å². The summed E-state index contributed by atoms with van der Waals surface area (Å²) in [6, 6.07) is -1.00. The Balaban J connectivity index is 2.67. The van der Waals surface area contributed by atoms with Gasteiger partial charge >= 0.3 is 5.97 Å². The number of carboxylic acid groups (broad SMARTS) is 1. The molecular formula is C13H27N3O4S. The molecule has 0 radical (unpaired) electrons. The van der Waals surface area contributed by atoms with E-state index >= 15 is 0 Å². The summed E-state index contributed by atoms with van der Waals surface area (Å²) in [7, 11) is -0.844. The molecule has 1 rings (SSSR count). The standard InChI is InChI=1S/C13H27N3O4S/c1-4-5-6-7-8-15-9-10-16(12(11-15)13(17)18)21(19,20)14(2)3/h12H,4-11H2,1-3H3,(H,17,18). The Kier molecular flexibility index (Phi) is 7.05. The first-order valence-corrected chi connectivity index (χ1v) is 8.84. The molecule has 1 aliphatic heterocycles. The average molecular weight is 321 g/mol. The van der Waals surface area contributed by atoms with Crippen LogP contribution in [0, 0.1) is 0 Å². The Morgan fingerprint density at radius 2 is 1.90 bits per heavy atom. The molecule has 0 aromatic rings. The van der Waals surface area contributed by atoms with Crippen LogP contribution in [0.3, 0.4) is 0 Å². The lowest BCUT2D eigenvalue weighted by atomic mass is 10.1. The lowest BCUT2D eigenvalue weighted by Crippen LogP contribution is -2.60. The second-order valence-electron chi connectivity index (χ2n) is 5.62. The summed E-state index contributed by atoms with van der Waals surface area (Å²) in [5.41, 5.74) is 0. The highest BCUT2D eigenvalue weighted by atomic mass is 32.2. The summed E-state index contributed by atoms with van der Waals surface area (Å²) in [5, 5.41) is 9.33. The fourth-order valence-corrected chi connectivity index (χ4v) is 3.69. The fourth-order valence-electron chi connectivity index (χ4n) is 2.48. The summed E-state index contributed by atoms with van der Waals surface area (Å²) in [6.07, 6.45) is 4.50. The molecule has 0 aliphatic carbocycles. The van der Waals surface area contributed by atoms with E-state index in [0.717, 1.165) is 34.4 Å². The van der Waals surface area contributed by atoms with Gasteiger partial charge in [-0.2, -0.15) is 17.0 Å². The van der Waals surface area contributed by atoms with Gasteiger partial charge in [0.05, 0.1) is 0 Å². The van der Waals surface area contributed by atoms with Crippen LogP contribution in [0.5, 0.6) is 0 Å². The third-order valence-electron chi connectivity index (χ3n) is 3.79. The molecule has 7 nitrogen and oxygen atoms in total. The summed E-state index contributed by atoms with van der Waals surface area (Å²) in [5.74, 6) is -1.08. The van der Waals surface area contributed by atoms with Gasteiger partial charge in [0.15, 0.2) is 0 Å². The van der Waals surface area contributed by atoms with Gasteiger partial charge in [-0.05, 0) is 13.0 Å². The number of nitrogens with zero attached hydrogens (tertiary/aromatic N) is 3. The lowest BCUT2D eigenvalue weighted by Gasteiger charge is -2.39. The van der Waals surface area contributed by atoms with Crippen molar-refractivity contribution < 1.29 is 18.3 Å². The molecule has 1 aliphatic rings. The largest absolute Gasteiger partial charge is 0.480 e. The van der Waals surface area contributed by atoms with Crippen molar-refractivity contribution >= 4 is 16.2 Å². The van der Waals surface area contributed by atoms with E-state index in [4.69, 9.17) is 0 Å². The third kappa shape index (κ3) is 4.91. The number of carbonyl (C=O) groups is 1. The third-order valence-corrected chi connectivity index (χ3v) is 5.74. The van der Waals surface area contributed by atoms with Crippen LogP contribution in [-0.2, 0) is 15.0 Å². The Bertz CT molecular complexity index is 439. The molecule has 21 heavy (non-hydrogen) atoms. The molecule has 8 heteroatoms. The maximum atomic E-state index is 12.2. The predicted octanol–water partition coefficient (Wildman–Crippen LogP) is 0.444. The van der Waals surface area contributed by atoms with Gasteiger partial charge in [-0.1, -0.05) is 26.2 Å². The Labute approximate surface area is 127 Å². The first kappa shape index (κ1) is 18.3. The molecule has 1 fully saturated rings. The number of unbranched alkanes of at least 4 members (excludes halogenated alkanes) is 3. The van der Waals surface area contributed by atoms with Crippen LogP contribution in [0.2, 0.25) is 0 Å². The van der Waals surface area contributed by atoms with Gasteiger partial charge in [-0.15, -0.1) is 0 Å². The zero-order chi connectivity index (χ0) is 16.0. The highest BCUT2D eigenvalue weighted by Gasteiger charge is 2.40. The van der Waals surface area contributed by atoms with Crippen LogP contribution in [0.1, 0.15) is 32.6 Å². The summed E-state index contributed by atoms with van der Waals surface area (Å²) >= 11 is 0. The molecule has 1 unspecified atom stereocenters. The second-order valence-corrected chi connectivity index (χ2v) is 7.71. The normalized spacial score (nSPS) is 21.8. The summed E-state index contributed by atoms with van der Waals surface area (Å²) in [6.45, 7) is 4.05. The maximum absolute atomic E-state index is 12.2. The number of piperazine rings is 1. The number of hydrogen-bond donors (Lipinski definition) is 1. The van der Waals surface area contributed by atoms with Gasteiger partial charge in [-0.25, -0.2) is 0 Å². The molecule has 124 valence electrons. The van der Waals surface area contributed by atoms with E-state index in [1.165, 1.54) is 20.5 Å². The van der Waals surface area contributed by atoms with Crippen LogP contribution in [0.4, 0.5) is 0 Å². The zero-order valence-corrected chi connectivity index (χ0v) is 14.0. The zero-order valence-electron chi connectivity index (χ0n) is 13.2. The van der Waals surface area contributed by atoms with Crippen molar-refractivity contribution in [3.05, 3.63) is 0 Å². The number of aliphatic carboxylic acids is 1. The van der Waals surface area contributed by atoms with E-state index in [-0.39, 0.29) is 13.1 Å². The fraction of sp³-hybridized carbons (Fsp3) is 0.923. The minimum Gasteiger partial charge on any atom is -0.480 e. The molecule has 1 saturated heterocycles. The van der Waals surface area contributed by atoms with Gasteiger partial charge in [0.25, 0.3) is 10.2 Å². The van der Waals surface area contributed by atoms with E-state index in [2.05, 4.69) is 11.8 Å². The smallest absolute Gasteiger partial charge is 0.323 e. The highest BCUT2D eigenvalue weighted by molar-refractivity contribution is 7.86. The Hall–Kier alpha value is -0.700. The van der Waals surface area contributed by atoms with E-state index in [9.17, 15) is 18.3 Å². The van der Waals surface area contributed by atoms with E-state index in [0.29, 0.717) is 6.54 Å². The van der Waals surface area contributed by atoms with Gasteiger partial charge in [-0.3, -0.25) is 9.69 Å². The second kappa shape index (κ2) is 8.07. The molecule has 1 atom stereocenters. The van der Waals surface area contributed by atoms with Crippen molar-refractivity contribution in [1.29, 1.82) is 0 Å². The van der Waals surface area contributed by atoms with Crippen LogP contribution in [0.15, 0.2) is 0 Å². The molecule has 1 heterocycles. The monoisotopic (exact) mass is 321 g/mol. The minimum absolute atomic E-state index is 0.227. The maximum Gasteiger partial charge on any atom is 0.323 e. The van der Waals surface area contributed by atoms with Gasteiger partial charge in [0, 0.05) is 33.7 Å². The Morgan fingerprint density at radius 1 is 1.24 bits per heavy atom. The van der Waals surface area contributed by atoms with Crippen LogP contribution in [0.25, 0.3) is 0 Å². The van der Waals surface area contributed by atoms with Crippen molar-refractivity contribution in [3.63, 3.8) is 0 Å². The van der Waals surface area contributed by atoms with E-state index in [1.807, 2.05) is 0 Å². The van der Waals surface area contributed by atoms with Gasteiger partial charge in [0.1, 0.15) is 6.04 Å². The minimum atomic E-state index is -3.69. The molecule has 0 bridgehead atoms.